The van der Waals surface area contributed by atoms with E-state index in [2.05, 4.69) is 0 Å². The van der Waals surface area contributed by atoms with Crippen molar-refractivity contribution in [3.63, 3.8) is 0 Å². The first-order valence-electron chi connectivity index (χ1n) is 19.3. The van der Waals surface area contributed by atoms with Gasteiger partial charge in [0.1, 0.15) is 41.4 Å². The predicted octanol–water partition coefficient (Wildman–Crippen LogP) is 3.94. The van der Waals surface area contributed by atoms with Crippen molar-refractivity contribution in [1.29, 1.82) is 0 Å². The molecule has 0 aromatic heterocycles. The molecule has 0 aliphatic carbocycles. The molecule has 3 fully saturated rings. The Morgan fingerprint density at radius 3 is 2.19 bits per heavy atom. The molecule has 13 heteroatoms. The highest BCUT2D eigenvalue weighted by Crippen LogP contribution is 2.48. The van der Waals surface area contributed by atoms with Crippen molar-refractivity contribution < 1.29 is 58.0 Å². The summed E-state index contributed by atoms with van der Waals surface area (Å²) in [6.45, 7) is 20.9. The van der Waals surface area contributed by atoms with Gasteiger partial charge in [0.2, 0.25) is 0 Å². The van der Waals surface area contributed by atoms with E-state index in [1.807, 2.05) is 74.4 Å². The number of cyclic esters (lactones) is 1. The summed E-state index contributed by atoms with van der Waals surface area (Å²) in [6.07, 6.45) is -6.34. The van der Waals surface area contributed by atoms with Crippen molar-refractivity contribution in [2.45, 2.75) is 186 Å². The van der Waals surface area contributed by atoms with Crippen LogP contribution in [0.15, 0.2) is 11.3 Å². The van der Waals surface area contributed by atoms with Crippen LogP contribution in [0, 0.1) is 17.8 Å². The minimum absolute atomic E-state index is 0.191. The molecule has 4 aliphatic heterocycles. The van der Waals surface area contributed by atoms with Gasteiger partial charge >= 0.3 is 5.97 Å². The molecular weight excluding hydrogens is 674 g/mol. The number of likely N-dealkylation sites (N-methyl/N-ethyl adjacent to an activating group) is 1. The Morgan fingerprint density at radius 1 is 0.962 bits per heavy atom. The third kappa shape index (κ3) is 8.54. The molecule has 0 radical (unpaired) electrons. The van der Waals surface area contributed by atoms with Crippen LogP contribution in [0.4, 0.5) is 0 Å². The fourth-order valence-corrected chi connectivity index (χ4v) is 9.21. The summed E-state index contributed by atoms with van der Waals surface area (Å²) in [5, 5.41) is 34.8. The molecule has 13 nitrogen and oxygen atoms in total. The number of rotatable bonds is 9. The van der Waals surface area contributed by atoms with Gasteiger partial charge in [-0.2, -0.15) is 0 Å². The summed E-state index contributed by atoms with van der Waals surface area (Å²) < 4.78 is 51.5. The summed E-state index contributed by atoms with van der Waals surface area (Å²) in [6, 6.07) is -0.219. The van der Waals surface area contributed by atoms with Crippen LogP contribution in [0.5, 0.6) is 0 Å². The first-order valence-corrected chi connectivity index (χ1v) is 19.3. The van der Waals surface area contributed by atoms with E-state index in [1.54, 1.807) is 27.9 Å². The molecule has 4 rings (SSSR count). The zero-order valence-corrected chi connectivity index (χ0v) is 34.1. The van der Waals surface area contributed by atoms with E-state index in [1.165, 1.54) is 0 Å². The average molecular weight is 744 g/mol. The highest BCUT2D eigenvalue weighted by atomic mass is 16.7. The molecular formula is C39H69NO12. The van der Waals surface area contributed by atoms with E-state index in [0.29, 0.717) is 31.6 Å². The molecule has 0 amide bonds. The van der Waals surface area contributed by atoms with E-state index in [0.717, 1.165) is 5.57 Å². The molecule has 0 aromatic rings. The van der Waals surface area contributed by atoms with E-state index in [9.17, 15) is 20.1 Å². The highest BCUT2D eigenvalue weighted by molar-refractivity contribution is 5.73. The Balaban J connectivity index is 1.86. The van der Waals surface area contributed by atoms with E-state index >= 15 is 0 Å². The Hall–Kier alpha value is -1.39. The average Bonchev–Trinajstić information content (AvgIpc) is 3.39. The van der Waals surface area contributed by atoms with Crippen LogP contribution in [0.1, 0.15) is 102 Å². The molecule has 3 N–H and O–H groups in total. The highest BCUT2D eigenvalue weighted by Gasteiger charge is 2.56. The summed E-state index contributed by atoms with van der Waals surface area (Å²) >= 11 is 0. The zero-order valence-electron chi connectivity index (χ0n) is 34.1. The number of carbonyl (C=O) groups excluding carboxylic acids is 1. The quantitative estimate of drug-likeness (QED) is 0.293. The first kappa shape index (κ1) is 43.3. The van der Waals surface area contributed by atoms with Gasteiger partial charge in [0.25, 0.3) is 0 Å². The number of hydrogen-bond donors (Lipinski definition) is 3. The summed E-state index contributed by atoms with van der Waals surface area (Å²) in [5.41, 5.74) is -2.60. The zero-order chi connectivity index (χ0) is 39.1. The monoisotopic (exact) mass is 743 g/mol. The van der Waals surface area contributed by atoms with Gasteiger partial charge in [-0.1, -0.05) is 20.8 Å². The molecule has 52 heavy (non-hydrogen) atoms. The van der Waals surface area contributed by atoms with Gasteiger partial charge in [-0.05, 0) is 87.9 Å². The Morgan fingerprint density at radius 2 is 1.62 bits per heavy atom. The van der Waals surface area contributed by atoms with Crippen molar-refractivity contribution >= 4 is 5.97 Å². The van der Waals surface area contributed by atoms with Crippen LogP contribution >= 0.6 is 0 Å². The second kappa shape index (κ2) is 16.8. The number of ether oxygens (including phenoxy) is 8. The van der Waals surface area contributed by atoms with Crippen LogP contribution < -0.4 is 0 Å². The number of carbonyl (C=O) groups is 1. The maximum atomic E-state index is 14.3. The summed E-state index contributed by atoms with van der Waals surface area (Å²) in [7, 11) is 5.39. The van der Waals surface area contributed by atoms with E-state index in [4.69, 9.17) is 37.9 Å². The fourth-order valence-electron chi connectivity index (χ4n) is 9.21. The number of methoxy groups -OCH3 is 1. The molecule has 3 saturated heterocycles. The van der Waals surface area contributed by atoms with Crippen LogP contribution in [0.2, 0.25) is 0 Å². The van der Waals surface area contributed by atoms with Gasteiger partial charge in [-0.3, -0.25) is 4.79 Å². The van der Waals surface area contributed by atoms with Crippen molar-refractivity contribution in [3.05, 3.63) is 11.3 Å². The van der Waals surface area contributed by atoms with Gasteiger partial charge in [0.15, 0.2) is 12.6 Å². The van der Waals surface area contributed by atoms with Crippen LogP contribution in [-0.4, -0.2) is 138 Å². The maximum Gasteiger partial charge on any atom is 0.311 e. The van der Waals surface area contributed by atoms with Crippen molar-refractivity contribution in [1.82, 2.24) is 4.90 Å². The van der Waals surface area contributed by atoms with Crippen LogP contribution in [0.25, 0.3) is 0 Å². The maximum absolute atomic E-state index is 14.3. The molecule has 4 heterocycles. The number of aliphatic hydroxyl groups is 3. The van der Waals surface area contributed by atoms with E-state index < -0.39 is 95.8 Å². The number of nitrogens with zero attached hydrogens (tertiary/aromatic N) is 1. The van der Waals surface area contributed by atoms with Crippen molar-refractivity contribution in [2.75, 3.05) is 27.8 Å². The van der Waals surface area contributed by atoms with E-state index in [-0.39, 0.29) is 18.6 Å². The minimum atomic E-state index is -1.59. The topological polar surface area (TPSA) is 155 Å². The number of esters is 1. The summed E-state index contributed by atoms with van der Waals surface area (Å²) in [4.78, 5) is 16.3. The largest absolute Gasteiger partial charge is 0.489 e. The lowest BCUT2D eigenvalue weighted by Gasteiger charge is -2.48. The van der Waals surface area contributed by atoms with Gasteiger partial charge in [0, 0.05) is 44.4 Å². The molecule has 0 spiro atoms. The molecule has 17 atom stereocenters. The molecule has 0 aromatic carbocycles. The fraction of sp³-hybridized carbons (Fsp3) is 0.923. The van der Waals surface area contributed by atoms with Crippen molar-refractivity contribution in [3.8, 4) is 0 Å². The number of hydrogen-bond acceptors (Lipinski definition) is 13. The molecule has 0 saturated carbocycles. The smallest absolute Gasteiger partial charge is 0.311 e. The van der Waals surface area contributed by atoms with Crippen LogP contribution in [0.3, 0.4) is 0 Å². The number of fused-ring (bicyclic) bond motifs is 2. The van der Waals surface area contributed by atoms with Gasteiger partial charge in [0.05, 0.1) is 35.9 Å². The predicted molar refractivity (Wildman–Crippen MR) is 193 cm³/mol. The number of aliphatic hydroxyl groups excluding tert-OH is 2. The SMILES string of the molecule is CCOC1[C@@H](C)C2=C(C)C[C@@](C)(O2)[C@H](O[C@@H]2O[C@H](C)C[C@H](N(C)C)[C@H]2O)[C@@H](C)[C@H](O[C@H]2C[C@@](C)(OC)[C@@H](O)[C@H](C)O2)[C@@H](C)C(=O)O[C@H](CC)[C@@]1(C)O. The minimum Gasteiger partial charge on any atom is -0.489 e. The third-order valence-corrected chi connectivity index (χ3v) is 12.3. The lowest BCUT2D eigenvalue weighted by Crippen LogP contribution is -2.60. The molecule has 2 bridgehead atoms. The van der Waals surface area contributed by atoms with Crippen LogP contribution in [-0.2, 0) is 42.7 Å². The molecule has 1 unspecified atom stereocenters. The first-order chi connectivity index (χ1) is 24.1. The van der Waals surface area contributed by atoms with Gasteiger partial charge in [-0.25, -0.2) is 0 Å². The molecule has 302 valence electrons. The normalized spacial score (nSPS) is 48.1. The lowest BCUT2D eigenvalue weighted by molar-refractivity contribution is -0.316. The summed E-state index contributed by atoms with van der Waals surface area (Å²) in [5.74, 6) is -1.78. The molecule has 4 aliphatic rings. The van der Waals surface area contributed by atoms with Gasteiger partial charge in [-0.15, -0.1) is 0 Å². The lowest BCUT2D eigenvalue weighted by atomic mass is 9.78. The second-order valence-electron chi connectivity index (χ2n) is 16.8. The Kier molecular flexibility index (Phi) is 14.0. The standard InChI is InChI=1S/C39H69NO12/c1-15-27-39(11,44)34(46-16-2)22(5)30-20(3)18-38(10,52-30)33(51-36-29(41)26(40(12)13)17-21(4)47-36)23(6)31(24(7)35(43)49-27)50-28-19-37(9,45-14)32(42)25(8)48-28/h21-29,31-34,36,41-42,44H,15-19H2,1-14H3/t21-,22+,23+,24-,25+,26+,27-,28+,29-,31+,32+,33-,34?,36+,37-,38-,39-/m1/s1. The van der Waals surface area contributed by atoms with Crippen molar-refractivity contribution in [2.24, 2.45) is 17.8 Å². The second-order valence-corrected chi connectivity index (χ2v) is 16.8. The van der Waals surface area contributed by atoms with Gasteiger partial charge < -0.3 is 58.1 Å². The Bertz CT molecular complexity index is 1250. The Labute approximate surface area is 311 Å². The third-order valence-electron chi connectivity index (χ3n) is 12.3.